The predicted octanol–water partition coefficient (Wildman–Crippen LogP) is -0.337. The van der Waals surface area contributed by atoms with Gasteiger partial charge in [0.05, 0.1) is 0 Å². The molecule has 0 unspecified atom stereocenters. The summed E-state index contributed by atoms with van der Waals surface area (Å²) in [5, 5.41) is 19.2. The lowest BCUT2D eigenvalue weighted by atomic mass is 9.94. The molecule has 0 rings (SSSR count). The minimum atomic E-state index is -7.78. The molecule has 0 fully saturated rings. The monoisotopic (exact) mass is 338 g/mol. The molecule has 0 saturated heterocycles. The van der Waals surface area contributed by atoms with Gasteiger partial charge in [0.25, 0.3) is 0 Å². The number of alkyl halides is 10. The third-order valence-corrected chi connectivity index (χ3v) is 2.09. The molecule has 0 heterocycles. The summed E-state index contributed by atoms with van der Waals surface area (Å²) in [6, 6.07) is 0. The smallest absolute Gasteiger partial charge is 0.385 e. The van der Waals surface area contributed by atoms with Crippen LogP contribution in [0.2, 0.25) is 0 Å². The van der Waals surface area contributed by atoms with Crippen molar-refractivity contribution < 1.29 is 63.7 Å². The molecule has 0 aliphatic rings. The second kappa shape index (κ2) is 4.62. The van der Waals surface area contributed by atoms with Crippen LogP contribution in [-0.2, 0) is 9.59 Å². The van der Waals surface area contributed by atoms with Gasteiger partial charge in [-0.15, -0.1) is 0 Å². The van der Waals surface area contributed by atoms with Crippen molar-refractivity contribution >= 4 is 11.9 Å². The van der Waals surface area contributed by atoms with E-state index >= 15 is 0 Å². The van der Waals surface area contributed by atoms with E-state index in [1.165, 1.54) is 0 Å². The molecule has 4 nitrogen and oxygen atoms in total. The fourth-order valence-corrected chi connectivity index (χ4v) is 0.848. The number of aliphatic carboxylic acids is 2. The molecule has 14 heteroatoms. The molecule has 0 radical (unpaired) electrons. The molecule has 21 heavy (non-hydrogen) atoms. The van der Waals surface area contributed by atoms with Gasteiger partial charge in [-0.3, -0.25) is 0 Å². The highest BCUT2D eigenvalue weighted by Crippen LogP contribution is 2.56. The second-order valence-corrected chi connectivity index (χ2v) is 3.45. The Kier molecular flexibility index (Phi) is 4.24. The maximum absolute atomic E-state index is 12.6. The van der Waals surface area contributed by atoms with Crippen LogP contribution < -0.4 is 10.2 Å². The molecule has 0 aromatic carbocycles. The fourth-order valence-electron chi connectivity index (χ4n) is 0.848. The Hall–Kier alpha value is -1.76. The minimum Gasteiger partial charge on any atom is -0.544 e. The van der Waals surface area contributed by atoms with Crippen LogP contribution in [0.15, 0.2) is 0 Å². The first kappa shape index (κ1) is 19.2. The lowest BCUT2D eigenvalue weighted by Crippen LogP contribution is -2.72. The number of hydrogen-bond donors (Lipinski definition) is 0. The van der Waals surface area contributed by atoms with E-state index in [1.807, 2.05) is 0 Å². The summed E-state index contributed by atoms with van der Waals surface area (Å²) < 4.78 is 125. The van der Waals surface area contributed by atoms with Crippen LogP contribution in [0.1, 0.15) is 0 Å². The topological polar surface area (TPSA) is 80.3 Å². The molecule has 0 atom stereocenters. The maximum Gasteiger partial charge on any atom is 0.385 e. The Balaban J connectivity index is 6.21. The van der Waals surface area contributed by atoms with Crippen molar-refractivity contribution in [3.8, 4) is 0 Å². The van der Waals surface area contributed by atoms with E-state index in [1.54, 1.807) is 0 Å². The summed E-state index contributed by atoms with van der Waals surface area (Å²) in [5.74, 6) is -45.6. The number of halogens is 10. The summed E-state index contributed by atoms with van der Waals surface area (Å²) in [5.41, 5.74) is 0. The molecule has 0 amide bonds. The van der Waals surface area contributed by atoms with Gasteiger partial charge in [-0.2, -0.15) is 43.9 Å². The number of carbonyl (C=O) groups excluding carboxylic acids is 2. The number of rotatable bonds is 6. The molecule has 0 aliphatic heterocycles. The zero-order valence-electron chi connectivity index (χ0n) is 8.91. The summed E-state index contributed by atoms with van der Waals surface area (Å²) in [6.45, 7) is 0. The summed E-state index contributed by atoms with van der Waals surface area (Å²) in [7, 11) is 0. The van der Waals surface area contributed by atoms with Crippen LogP contribution in [0.5, 0.6) is 0 Å². The minimum absolute atomic E-state index is 4.28. The highest BCUT2D eigenvalue weighted by atomic mass is 19.4. The van der Waals surface area contributed by atoms with Crippen molar-refractivity contribution in [1.82, 2.24) is 0 Å². The molecular formula is C7F10O4-2. The summed E-state index contributed by atoms with van der Waals surface area (Å²) in [6.07, 6.45) is 0. The van der Waals surface area contributed by atoms with Gasteiger partial charge in [0.15, 0.2) is 0 Å². The Labute approximate surface area is 106 Å². The number of carbonyl (C=O) groups is 2. The van der Waals surface area contributed by atoms with Crippen LogP contribution >= 0.6 is 0 Å². The first-order valence-electron chi connectivity index (χ1n) is 4.21. The predicted molar refractivity (Wildman–Crippen MR) is 34.7 cm³/mol. The molecule has 124 valence electrons. The normalized spacial score (nSPS) is 15.0. The van der Waals surface area contributed by atoms with Gasteiger partial charge in [0.2, 0.25) is 0 Å². The van der Waals surface area contributed by atoms with E-state index in [4.69, 9.17) is 0 Å². The Morgan fingerprint density at radius 1 is 0.524 bits per heavy atom. The largest absolute Gasteiger partial charge is 0.544 e. The number of carboxylic acids is 2. The maximum atomic E-state index is 12.6. The third kappa shape index (κ3) is 2.25. The van der Waals surface area contributed by atoms with Crippen molar-refractivity contribution in [2.24, 2.45) is 0 Å². The lowest BCUT2D eigenvalue weighted by Gasteiger charge is -2.39. The average Bonchev–Trinajstić information content (AvgIpc) is 2.27. The van der Waals surface area contributed by atoms with Crippen molar-refractivity contribution in [3.63, 3.8) is 0 Å². The number of hydrogen-bond acceptors (Lipinski definition) is 4. The van der Waals surface area contributed by atoms with Gasteiger partial charge in [0.1, 0.15) is 11.9 Å². The Morgan fingerprint density at radius 3 is 0.857 bits per heavy atom. The average molecular weight is 338 g/mol. The molecule has 0 aromatic rings. The molecule has 0 aromatic heterocycles. The second-order valence-electron chi connectivity index (χ2n) is 3.45. The van der Waals surface area contributed by atoms with Crippen LogP contribution in [0.3, 0.4) is 0 Å². The van der Waals surface area contributed by atoms with E-state index in [0.29, 0.717) is 0 Å². The van der Waals surface area contributed by atoms with Gasteiger partial charge >= 0.3 is 29.6 Å². The van der Waals surface area contributed by atoms with E-state index in [-0.39, 0.29) is 0 Å². The fraction of sp³-hybridized carbons (Fsp3) is 0.714. The van der Waals surface area contributed by atoms with E-state index in [0.717, 1.165) is 0 Å². The molecule has 0 aliphatic carbocycles. The molecule has 0 spiro atoms. The molecule has 0 N–H and O–H groups in total. The summed E-state index contributed by atoms with van der Waals surface area (Å²) >= 11 is 0. The lowest BCUT2D eigenvalue weighted by molar-refractivity contribution is -0.420. The standard InChI is InChI=1S/C7H2F10O4/c8-3(9,1(18)19)5(12,13)7(16,17)6(14,15)4(10,11)2(20)21/h(H,18,19)(H,20,21)/p-2. The van der Waals surface area contributed by atoms with E-state index in [2.05, 4.69) is 0 Å². The van der Waals surface area contributed by atoms with Crippen molar-refractivity contribution in [2.45, 2.75) is 29.6 Å². The third-order valence-electron chi connectivity index (χ3n) is 2.09. The zero-order valence-corrected chi connectivity index (χ0v) is 8.91. The Bertz CT molecular complexity index is 416. The quantitative estimate of drug-likeness (QED) is 0.621. The van der Waals surface area contributed by atoms with Gasteiger partial charge in [0, 0.05) is 0 Å². The summed E-state index contributed by atoms with van der Waals surface area (Å²) in [4.78, 5) is 19.2. The van der Waals surface area contributed by atoms with Crippen LogP contribution in [0.4, 0.5) is 43.9 Å². The molecule has 0 bridgehead atoms. The first-order chi connectivity index (χ1) is 8.89. The van der Waals surface area contributed by atoms with Crippen LogP contribution in [0, 0.1) is 0 Å². The first-order valence-corrected chi connectivity index (χ1v) is 4.21. The Morgan fingerprint density at radius 2 is 0.714 bits per heavy atom. The van der Waals surface area contributed by atoms with Crippen molar-refractivity contribution in [3.05, 3.63) is 0 Å². The van der Waals surface area contributed by atoms with Gasteiger partial charge in [-0.05, 0) is 0 Å². The van der Waals surface area contributed by atoms with Crippen molar-refractivity contribution in [2.75, 3.05) is 0 Å². The number of carboxylic acid groups (broad SMARTS) is 2. The van der Waals surface area contributed by atoms with Gasteiger partial charge in [-0.1, -0.05) is 0 Å². The van der Waals surface area contributed by atoms with Gasteiger partial charge in [-0.25, -0.2) is 0 Å². The molecule has 0 saturated carbocycles. The molecular weight excluding hydrogens is 338 g/mol. The van der Waals surface area contributed by atoms with Crippen LogP contribution in [-0.4, -0.2) is 41.6 Å². The zero-order chi connectivity index (χ0) is 17.7. The van der Waals surface area contributed by atoms with Gasteiger partial charge < -0.3 is 19.8 Å². The van der Waals surface area contributed by atoms with Crippen LogP contribution in [0.25, 0.3) is 0 Å². The SMILES string of the molecule is O=C([O-])C(F)(F)C(F)(F)C(F)(F)C(F)(F)C(F)(F)C(=O)[O-]. The van der Waals surface area contributed by atoms with Crippen molar-refractivity contribution in [1.29, 1.82) is 0 Å². The van der Waals surface area contributed by atoms with E-state index in [9.17, 15) is 63.7 Å². The highest BCUT2D eigenvalue weighted by molar-refractivity contribution is 5.76. The van der Waals surface area contributed by atoms with E-state index < -0.39 is 41.6 Å². The highest BCUT2D eigenvalue weighted by Gasteiger charge is 2.86.